The average molecular weight is 363 g/mol. The zero-order valence-electron chi connectivity index (χ0n) is 14.0. The molecule has 0 aliphatic carbocycles. The normalized spacial score (nSPS) is 14.7. The van der Waals surface area contributed by atoms with Crippen LogP contribution in [0.4, 0.5) is 0 Å². The smallest absolute Gasteiger partial charge is 0.270 e. The van der Waals surface area contributed by atoms with Gasteiger partial charge >= 0.3 is 0 Å². The van der Waals surface area contributed by atoms with Crippen LogP contribution in [0, 0.1) is 0 Å². The lowest BCUT2D eigenvalue weighted by Crippen LogP contribution is -2.27. The Morgan fingerprint density at radius 2 is 2.00 bits per heavy atom. The number of sulfonamides is 1. The average Bonchev–Trinajstić information content (AvgIpc) is 3.31. The number of H-pyrrole nitrogens is 1. The molecule has 1 fully saturated rings. The van der Waals surface area contributed by atoms with Crippen LogP contribution in [-0.4, -0.2) is 44.4 Å². The van der Waals surface area contributed by atoms with Gasteiger partial charge in [0.05, 0.1) is 7.11 Å². The quantitative estimate of drug-likeness (QED) is 0.818. The third kappa shape index (κ3) is 3.85. The van der Waals surface area contributed by atoms with Crippen molar-refractivity contribution in [3.05, 3.63) is 47.8 Å². The van der Waals surface area contributed by atoms with Gasteiger partial charge in [0.1, 0.15) is 16.3 Å². The van der Waals surface area contributed by atoms with E-state index in [1.807, 2.05) is 12.1 Å². The first kappa shape index (κ1) is 17.5. The lowest BCUT2D eigenvalue weighted by molar-refractivity contribution is 0.0787. The van der Waals surface area contributed by atoms with E-state index >= 15 is 0 Å². The van der Waals surface area contributed by atoms with Crippen LogP contribution in [0.15, 0.2) is 41.4 Å². The zero-order valence-corrected chi connectivity index (χ0v) is 14.8. The van der Waals surface area contributed by atoms with E-state index < -0.39 is 10.0 Å². The standard InChI is InChI=1S/C17H21N3O4S/c1-24-16-7-3-2-6-13(16)11-19-25(22,23)14-10-15(18-12-14)17(21)20-8-4-5-9-20/h2-3,6-7,10,12,18-19H,4-5,8-9,11H2,1H3. The fourth-order valence-corrected chi connectivity index (χ4v) is 3.85. The maximum atomic E-state index is 12.5. The largest absolute Gasteiger partial charge is 0.496 e. The molecule has 0 unspecified atom stereocenters. The molecule has 0 atom stereocenters. The summed E-state index contributed by atoms with van der Waals surface area (Å²) >= 11 is 0. The minimum Gasteiger partial charge on any atom is -0.496 e. The number of hydrogen-bond donors (Lipinski definition) is 2. The molecule has 8 heteroatoms. The number of carbonyl (C=O) groups excluding carboxylic acids is 1. The van der Waals surface area contributed by atoms with Gasteiger partial charge in [-0.15, -0.1) is 0 Å². The number of likely N-dealkylation sites (tertiary alicyclic amines) is 1. The molecule has 1 aromatic carbocycles. The van der Waals surface area contributed by atoms with Gasteiger partial charge in [-0.2, -0.15) is 0 Å². The van der Waals surface area contributed by atoms with Crippen LogP contribution >= 0.6 is 0 Å². The van der Waals surface area contributed by atoms with Gasteiger partial charge in [-0.05, 0) is 25.0 Å². The van der Waals surface area contributed by atoms with Gasteiger partial charge in [-0.3, -0.25) is 4.79 Å². The van der Waals surface area contributed by atoms with Gasteiger partial charge < -0.3 is 14.6 Å². The first-order chi connectivity index (χ1) is 12.0. The Morgan fingerprint density at radius 3 is 2.72 bits per heavy atom. The molecule has 1 aliphatic heterocycles. The SMILES string of the molecule is COc1ccccc1CNS(=O)(=O)c1c[nH]c(C(=O)N2CCCC2)c1. The molecular weight excluding hydrogens is 342 g/mol. The van der Waals surface area contributed by atoms with Crippen molar-refractivity contribution in [3.63, 3.8) is 0 Å². The van der Waals surface area contributed by atoms with E-state index in [-0.39, 0.29) is 17.3 Å². The number of carbonyl (C=O) groups is 1. The number of aromatic amines is 1. The van der Waals surface area contributed by atoms with Crippen LogP contribution in [0.1, 0.15) is 28.9 Å². The van der Waals surface area contributed by atoms with Gasteiger partial charge in [0, 0.05) is 31.4 Å². The van der Waals surface area contributed by atoms with E-state index in [4.69, 9.17) is 4.74 Å². The number of aromatic nitrogens is 1. The number of para-hydroxylation sites is 1. The van der Waals surface area contributed by atoms with Crippen molar-refractivity contribution in [2.24, 2.45) is 0 Å². The Kier molecular flexibility index (Phi) is 5.10. The minimum atomic E-state index is -3.73. The predicted molar refractivity (Wildman–Crippen MR) is 92.9 cm³/mol. The van der Waals surface area contributed by atoms with E-state index in [1.54, 1.807) is 17.0 Å². The molecule has 1 saturated heterocycles. The van der Waals surface area contributed by atoms with Gasteiger partial charge in [0.25, 0.3) is 5.91 Å². The van der Waals surface area contributed by atoms with Crippen molar-refractivity contribution >= 4 is 15.9 Å². The first-order valence-corrected chi connectivity index (χ1v) is 9.59. The number of amides is 1. The topological polar surface area (TPSA) is 91.5 Å². The van der Waals surface area contributed by atoms with E-state index in [0.717, 1.165) is 18.4 Å². The maximum absolute atomic E-state index is 12.5. The van der Waals surface area contributed by atoms with Crippen molar-refractivity contribution in [3.8, 4) is 5.75 Å². The number of benzene rings is 1. The molecule has 2 aromatic rings. The molecule has 0 spiro atoms. The zero-order chi connectivity index (χ0) is 17.9. The third-order valence-electron chi connectivity index (χ3n) is 4.24. The number of nitrogens with one attached hydrogen (secondary N) is 2. The summed E-state index contributed by atoms with van der Waals surface area (Å²) in [6.07, 6.45) is 3.31. The van der Waals surface area contributed by atoms with Crippen LogP contribution in [0.2, 0.25) is 0 Å². The summed E-state index contributed by atoms with van der Waals surface area (Å²) in [4.78, 5) is 16.9. The molecular formula is C17H21N3O4S. The van der Waals surface area contributed by atoms with E-state index in [9.17, 15) is 13.2 Å². The molecule has 0 saturated carbocycles. The highest BCUT2D eigenvalue weighted by Gasteiger charge is 2.23. The van der Waals surface area contributed by atoms with E-state index in [2.05, 4.69) is 9.71 Å². The predicted octanol–water partition coefficient (Wildman–Crippen LogP) is 1.74. The Balaban J connectivity index is 1.71. The first-order valence-electron chi connectivity index (χ1n) is 8.10. The second kappa shape index (κ2) is 7.28. The fourth-order valence-electron chi connectivity index (χ4n) is 2.85. The fraction of sp³-hybridized carbons (Fsp3) is 0.353. The molecule has 1 aliphatic rings. The lowest BCUT2D eigenvalue weighted by Gasteiger charge is -2.13. The number of hydrogen-bond acceptors (Lipinski definition) is 4. The van der Waals surface area contributed by atoms with E-state index in [0.29, 0.717) is 24.5 Å². The Bertz CT molecular complexity index is 854. The second-order valence-corrected chi connectivity index (χ2v) is 7.65. The summed E-state index contributed by atoms with van der Waals surface area (Å²) < 4.78 is 32.7. The summed E-state index contributed by atoms with van der Waals surface area (Å²) in [7, 11) is -2.19. The summed E-state index contributed by atoms with van der Waals surface area (Å²) in [6.45, 7) is 1.53. The summed E-state index contributed by atoms with van der Waals surface area (Å²) in [5.74, 6) is 0.452. The monoisotopic (exact) mass is 363 g/mol. The van der Waals surface area contributed by atoms with Crippen LogP contribution in [0.25, 0.3) is 0 Å². The number of methoxy groups -OCH3 is 1. The van der Waals surface area contributed by atoms with E-state index in [1.165, 1.54) is 19.4 Å². The molecule has 7 nitrogen and oxygen atoms in total. The van der Waals surface area contributed by atoms with Crippen LogP contribution in [0.3, 0.4) is 0 Å². The molecule has 25 heavy (non-hydrogen) atoms. The minimum absolute atomic E-state index is 0.0462. The summed E-state index contributed by atoms with van der Waals surface area (Å²) in [5.41, 5.74) is 1.03. The van der Waals surface area contributed by atoms with Crippen LogP contribution in [-0.2, 0) is 16.6 Å². The van der Waals surface area contributed by atoms with Crippen LogP contribution < -0.4 is 9.46 Å². The van der Waals surface area contributed by atoms with Gasteiger partial charge in [-0.1, -0.05) is 18.2 Å². The van der Waals surface area contributed by atoms with Crippen LogP contribution in [0.5, 0.6) is 5.75 Å². The van der Waals surface area contributed by atoms with Gasteiger partial charge in [0.15, 0.2) is 0 Å². The van der Waals surface area contributed by atoms with Crippen molar-refractivity contribution < 1.29 is 17.9 Å². The Hall–Kier alpha value is -2.32. The molecule has 2 N–H and O–H groups in total. The highest BCUT2D eigenvalue weighted by molar-refractivity contribution is 7.89. The number of nitrogens with zero attached hydrogens (tertiary/aromatic N) is 1. The molecule has 2 heterocycles. The molecule has 0 radical (unpaired) electrons. The number of ether oxygens (including phenoxy) is 1. The van der Waals surface area contributed by atoms with Crippen molar-refractivity contribution in [1.29, 1.82) is 0 Å². The summed E-state index contributed by atoms with van der Waals surface area (Å²) in [5, 5.41) is 0. The summed E-state index contributed by atoms with van der Waals surface area (Å²) in [6, 6.07) is 8.58. The molecule has 3 rings (SSSR count). The maximum Gasteiger partial charge on any atom is 0.270 e. The van der Waals surface area contributed by atoms with Crippen molar-refractivity contribution in [2.75, 3.05) is 20.2 Å². The highest BCUT2D eigenvalue weighted by atomic mass is 32.2. The van der Waals surface area contributed by atoms with Crippen molar-refractivity contribution in [1.82, 2.24) is 14.6 Å². The van der Waals surface area contributed by atoms with Gasteiger partial charge in [0.2, 0.25) is 10.0 Å². The third-order valence-corrected chi connectivity index (χ3v) is 5.62. The molecule has 1 aromatic heterocycles. The number of rotatable bonds is 6. The second-order valence-electron chi connectivity index (χ2n) is 5.88. The molecule has 1 amide bonds. The molecule has 0 bridgehead atoms. The lowest BCUT2D eigenvalue weighted by atomic mass is 10.2. The highest BCUT2D eigenvalue weighted by Crippen LogP contribution is 2.19. The Labute approximate surface area is 147 Å². The van der Waals surface area contributed by atoms with Gasteiger partial charge in [-0.25, -0.2) is 13.1 Å². The van der Waals surface area contributed by atoms with Crippen molar-refractivity contribution in [2.45, 2.75) is 24.3 Å². The Morgan fingerprint density at radius 1 is 1.28 bits per heavy atom. The molecule has 134 valence electrons.